The van der Waals surface area contributed by atoms with E-state index in [1.165, 1.54) is 11.1 Å². The van der Waals surface area contributed by atoms with Crippen molar-refractivity contribution < 1.29 is 9.90 Å². The van der Waals surface area contributed by atoms with Crippen molar-refractivity contribution in [3.63, 3.8) is 0 Å². The first-order valence-corrected chi connectivity index (χ1v) is 8.65. The summed E-state index contributed by atoms with van der Waals surface area (Å²) in [5, 5.41) is 10.3. The van der Waals surface area contributed by atoms with E-state index in [-0.39, 0.29) is 6.54 Å². The van der Waals surface area contributed by atoms with Gasteiger partial charge in [-0.05, 0) is 38.4 Å². The van der Waals surface area contributed by atoms with E-state index in [0.29, 0.717) is 6.04 Å². The van der Waals surface area contributed by atoms with Gasteiger partial charge in [-0.25, -0.2) is 0 Å². The molecular formula is C19H25N3O2. The number of likely N-dealkylation sites (N-methyl/N-ethyl adjacent to an activating group) is 1. The Labute approximate surface area is 142 Å². The number of para-hydroxylation sites is 1. The van der Waals surface area contributed by atoms with Crippen LogP contribution in [0.15, 0.2) is 30.3 Å². The highest BCUT2D eigenvalue weighted by Crippen LogP contribution is 2.29. The lowest BCUT2D eigenvalue weighted by Gasteiger charge is -2.39. The van der Waals surface area contributed by atoms with Crippen molar-refractivity contribution in [3.05, 3.63) is 36.0 Å². The summed E-state index contributed by atoms with van der Waals surface area (Å²) in [5.74, 6) is -0.741. The minimum absolute atomic E-state index is 0.137. The van der Waals surface area contributed by atoms with E-state index < -0.39 is 5.97 Å². The molecule has 1 fully saturated rings. The number of pyridine rings is 1. The molecule has 5 heteroatoms. The number of nitrogens with zero attached hydrogens (tertiary/aromatic N) is 3. The van der Waals surface area contributed by atoms with Crippen molar-refractivity contribution in [2.75, 3.05) is 31.1 Å². The molecule has 24 heavy (non-hydrogen) atoms. The number of fused-ring (bicyclic) bond motifs is 1. The molecule has 0 aliphatic carbocycles. The van der Waals surface area contributed by atoms with Gasteiger partial charge in [-0.3, -0.25) is 14.7 Å². The summed E-state index contributed by atoms with van der Waals surface area (Å²) < 4.78 is 0. The molecule has 2 aromatic rings. The predicted molar refractivity (Wildman–Crippen MR) is 96.6 cm³/mol. The second-order valence-corrected chi connectivity index (χ2v) is 6.47. The van der Waals surface area contributed by atoms with Gasteiger partial charge >= 0.3 is 5.97 Å². The standard InChI is InChI=1S/C19H25N3O2/c1-3-21(13-19(23)24)15-8-10-22(11-9-15)18-12-14(2)20-17-7-5-4-6-16(17)18/h4-7,12,15H,3,8-11,13H2,1-2H3,(H,23,24). The minimum Gasteiger partial charge on any atom is -0.480 e. The Morgan fingerprint density at radius 2 is 2.04 bits per heavy atom. The zero-order valence-corrected chi connectivity index (χ0v) is 14.4. The predicted octanol–water partition coefficient (Wildman–Crippen LogP) is 2.92. The number of carboxylic acids is 1. The second-order valence-electron chi connectivity index (χ2n) is 6.47. The summed E-state index contributed by atoms with van der Waals surface area (Å²) >= 11 is 0. The number of rotatable bonds is 5. The molecule has 0 unspecified atom stereocenters. The van der Waals surface area contributed by atoms with Crippen LogP contribution in [0.3, 0.4) is 0 Å². The molecule has 0 amide bonds. The number of aryl methyl sites for hydroxylation is 1. The van der Waals surface area contributed by atoms with Crippen LogP contribution in [0.5, 0.6) is 0 Å². The third kappa shape index (κ3) is 3.51. The van der Waals surface area contributed by atoms with Crippen LogP contribution in [0.1, 0.15) is 25.5 Å². The Morgan fingerprint density at radius 3 is 2.71 bits per heavy atom. The fourth-order valence-corrected chi connectivity index (χ4v) is 3.69. The average Bonchev–Trinajstić information content (AvgIpc) is 2.59. The first-order valence-electron chi connectivity index (χ1n) is 8.65. The monoisotopic (exact) mass is 327 g/mol. The van der Waals surface area contributed by atoms with Crippen molar-refractivity contribution in [2.45, 2.75) is 32.7 Å². The Bertz CT molecular complexity index is 724. The Balaban J connectivity index is 1.76. The molecule has 0 spiro atoms. The molecule has 1 aromatic heterocycles. The summed E-state index contributed by atoms with van der Waals surface area (Å²) in [7, 11) is 0. The summed E-state index contributed by atoms with van der Waals surface area (Å²) in [5.41, 5.74) is 3.32. The maximum Gasteiger partial charge on any atom is 0.317 e. The smallest absolute Gasteiger partial charge is 0.317 e. The SMILES string of the molecule is CCN(CC(=O)O)C1CCN(c2cc(C)nc3ccccc23)CC1. The topological polar surface area (TPSA) is 56.7 Å². The van der Waals surface area contributed by atoms with Gasteiger partial charge in [0.1, 0.15) is 0 Å². The quantitative estimate of drug-likeness (QED) is 0.915. The van der Waals surface area contributed by atoms with E-state index >= 15 is 0 Å². The number of hydrogen-bond donors (Lipinski definition) is 1. The number of benzene rings is 1. The van der Waals surface area contributed by atoms with E-state index in [1.807, 2.05) is 19.9 Å². The Kier molecular flexibility index (Phi) is 5.00. The zero-order valence-electron chi connectivity index (χ0n) is 14.4. The first kappa shape index (κ1) is 16.7. The van der Waals surface area contributed by atoms with Gasteiger partial charge in [-0.1, -0.05) is 25.1 Å². The van der Waals surface area contributed by atoms with Gasteiger partial charge < -0.3 is 10.0 Å². The van der Waals surface area contributed by atoms with Crippen molar-refractivity contribution in [3.8, 4) is 0 Å². The molecule has 128 valence electrons. The highest BCUT2D eigenvalue weighted by molar-refractivity contribution is 5.92. The van der Waals surface area contributed by atoms with Gasteiger partial charge in [-0.2, -0.15) is 0 Å². The fourth-order valence-electron chi connectivity index (χ4n) is 3.69. The Hall–Kier alpha value is -2.14. The number of hydrogen-bond acceptors (Lipinski definition) is 4. The number of anilines is 1. The largest absolute Gasteiger partial charge is 0.480 e. The number of carboxylic acid groups (broad SMARTS) is 1. The van der Waals surface area contributed by atoms with E-state index in [0.717, 1.165) is 43.7 Å². The molecule has 0 bridgehead atoms. The van der Waals surface area contributed by atoms with Gasteiger partial charge in [0.05, 0.1) is 12.1 Å². The van der Waals surface area contributed by atoms with Gasteiger partial charge in [0.2, 0.25) is 0 Å². The lowest BCUT2D eigenvalue weighted by Crippen LogP contribution is -2.46. The van der Waals surface area contributed by atoms with E-state index in [9.17, 15) is 4.79 Å². The summed E-state index contributed by atoms with van der Waals surface area (Å²) in [4.78, 5) is 20.1. The number of aliphatic carboxylic acids is 1. The van der Waals surface area contributed by atoms with Crippen molar-refractivity contribution >= 4 is 22.6 Å². The normalized spacial score (nSPS) is 16.0. The molecule has 0 saturated carbocycles. The summed E-state index contributed by atoms with van der Waals surface area (Å²) in [6, 6.07) is 10.8. The van der Waals surface area contributed by atoms with Crippen molar-refractivity contribution in [1.82, 2.24) is 9.88 Å². The minimum atomic E-state index is -0.741. The van der Waals surface area contributed by atoms with Crippen molar-refractivity contribution in [1.29, 1.82) is 0 Å². The molecule has 2 heterocycles. The van der Waals surface area contributed by atoms with Crippen LogP contribution in [-0.4, -0.2) is 53.2 Å². The number of piperidine rings is 1. The van der Waals surface area contributed by atoms with Crippen LogP contribution >= 0.6 is 0 Å². The Morgan fingerprint density at radius 1 is 1.33 bits per heavy atom. The van der Waals surface area contributed by atoms with E-state index in [2.05, 4.69) is 39.0 Å². The molecule has 1 aliphatic rings. The highest BCUT2D eigenvalue weighted by atomic mass is 16.4. The molecule has 3 rings (SSSR count). The average molecular weight is 327 g/mol. The molecule has 1 aromatic carbocycles. The van der Waals surface area contributed by atoms with Crippen LogP contribution in [0.4, 0.5) is 5.69 Å². The van der Waals surface area contributed by atoms with Gasteiger partial charge in [-0.15, -0.1) is 0 Å². The summed E-state index contributed by atoms with van der Waals surface area (Å²) in [6.07, 6.45) is 1.99. The van der Waals surface area contributed by atoms with Crippen LogP contribution in [0, 0.1) is 6.92 Å². The molecule has 1 saturated heterocycles. The van der Waals surface area contributed by atoms with Gasteiger partial charge in [0, 0.05) is 35.9 Å². The summed E-state index contributed by atoms with van der Waals surface area (Å²) in [6.45, 7) is 6.90. The third-order valence-electron chi connectivity index (χ3n) is 4.89. The fraction of sp³-hybridized carbons (Fsp3) is 0.474. The van der Waals surface area contributed by atoms with E-state index in [4.69, 9.17) is 5.11 Å². The molecule has 1 aliphatic heterocycles. The maximum absolute atomic E-state index is 11.0. The van der Waals surface area contributed by atoms with Gasteiger partial charge in [0.15, 0.2) is 0 Å². The number of aromatic nitrogens is 1. The highest BCUT2D eigenvalue weighted by Gasteiger charge is 2.26. The number of carbonyl (C=O) groups is 1. The van der Waals surface area contributed by atoms with Crippen LogP contribution < -0.4 is 4.90 Å². The van der Waals surface area contributed by atoms with Crippen molar-refractivity contribution in [2.24, 2.45) is 0 Å². The molecule has 5 nitrogen and oxygen atoms in total. The maximum atomic E-state index is 11.0. The molecule has 1 N–H and O–H groups in total. The van der Waals surface area contributed by atoms with Crippen LogP contribution in [0.25, 0.3) is 10.9 Å². The lowest BCUT2D eigenvalue weighted by molar-refractivity contribution is -0.139. The molecule has 0 atom stereocenters. The van der Waals surface area contributed by atoms with E-state index in [1.54, 1.807) is 0 Å². The van der Waals surface area contributed by atoms with Crippen LogP contribution in [0.2, 0.25) is 0 Å². The first-order chi connectivity index (χ1) is 11.6. The second kappa shape index (κ2) is 7.18. The molecule has 0 radical (unpaired) electrons. The third-order valence-corrected chi connectivity index (χ3v) is 4.89. The van der Waals surface area contributed by atoms with Gasteiger partial charge in [0.25, 0.3) is 0 Å². The lowest BCUT2D eigenvalue weighted by atomic mass is 10.0. The van der Waals surface area contributed by atoms with Crippen LogP contribution in [-0.2, 0) is 4.79 Å². The zero-order chi connectivity index (χ0) is 17.1. The molecular weight excluding hydrogens is 302 g/mol.